The minimum atomic E-state index is -0.951. The average Bonchev–Trinajstić information content (AvgIpc) is 3.41. The molecule has 2 bridgehead atoms. The van der Waals surface area contributed by atoms with Crippen molar-refractivity contribution < 1.29 is 37.8 Å². The van der Waals surface area contributed by atoms with Crippen LogP contribution < -0.4 is 0 Å². The summed E-state index contributed by atoms with van der Waals surface area (Å²) in [6.07, 6.45) is 6.54. The van der Waals surface area contributed by atoms with Crippen LogP contribution in [0, 0.1) is 34.0 Å². The van der Waals surface area contributed by atoms with E-state index in [1.165, 1.54) is 7.11 Å². The number of rotatable bonds is 5. The fraction of sp³-hybridized carbons (Fsp3) is 0.548. The molecule has 1 aromatic heterocycles. The SMILES string of the molecule is C=C(C)C(=O)OC1C2C=C3C4=CC(=O)OC(c5ccoc5)C4(C)CCC3C(C)(C2=O)C(CC(=O)OC)C1(C)C. The Bertz CT molecular complexity index is 1310. The second-order valence-corrected chi connectivity index (χ2v) is 12.5. The largest absolute Gasteiger partial charge is 0.472 e. The smallest absolute Gasteiger partial charge is 0.333 e. The summed E-state index contributed by atoms with van der Waals surface area (Å²) in [4.78, 5) is 52.7. The van der Waals surface area contributed by atoms with E-state index in [2.05, 4.69) is 13.5 Å². The first-order valence-electron chi connectivity index (χ1n) is 13.4. The van der Waals surface area contributed by atoms with Crippen LogP contribution in [-0.4, -0.2) is 36.9 Å². The van der Waals surface area contributed by atoms with Crippen LogP contribution >= 0.6 is 0 Å². The van der Waals surface area contributed by atoms with Gasteiger partial charge in [0, 0.05) is 39.9 Å². The molecule has 0 aromatic carbocycles. The van der Waals surface area contributed by atoms with Gasteiger partial charge in [-0.3, -0.25) is 9.59 Å². The van der Waals surface area contributed by atoms with Crippen LogP contribution in [0.2, 0.25) is 0 Å². The van der Waals surface area contributed by atoms with Crippen molar-refractivity contribution in [2.24, 2.45) is 34.0 Å². The number of cyclic esters (lactones) is 1. The van der Waals surface area contributed by atoms with Crippen molar-refractivity contribution >= 4 is 23.7 Å². The van der Waals surface area contributed by atoms with Crippen LogP contribution in [0.1, 0.15) is 65.5 Å². The monoisotopic (exact) mass is 536 g/mol. The zero-order valence-electron chi connectivity index (χ0n) is 23.4. The van der Waals surface area contributed by atoms with E-state index in [1.54, 1.807) is 31.6 Å². The van der Waals surface area contributed by atoms with Crippen molar-refractivity contribution in [1.29, 1.82) is 0 Å². The van der Waals surface area contributed by atoms with E-state index in [0.717, 1.165) is 16.7 Å². The van der Waals surface area contributed by atoms with Gasteiger partial charge in [0.1, 0.15) is 18.0 Å². The number of methoxy groups -OCH3 is 1. The van der Waals surface area contributed by atoms with Gasteiger partial charge in [0.05, 0.1) is 25.6 Å². The lowest BCUT2D eigenvalue weighted by molar-refractivity contribution is -0.189. The quantitative estimate of drug-likeness (QED) is 0.292. The number of hydrogen-bond donors (Lipinski definition) is 0. The number of carbonyl (C=O) groups excluding carboxylic acids is 4. The molecule has 1 aromatic rings. The van der Waals surface area contributed by atoms with Crippen LogP contribution in [0.3, 0.4) is 0 Å². The van der Waals surface area contributed by atoms with Gasteiger partial charge in [-0.05, 0) is 48.8 Å². The Morgan fingerprint density at radius 3 is 2.51 bits per heavy atom. The summed E-state index contributed by atoms with van der Waals surface area (Å²) in [5.74, 6) is -3.00. The Morgan fingerprint density at radius 2 is 1.90 bits per heavy atom. The number of Topliss-reactive ketones (excluding diaryl/α,β-unsaturated/α-hetero) is 1. The number of furan rings is 1. The van der Waals surface area contributed by atoms with E-state index in [0.29, 0.717) is 12.8 Å². The molecule has 3 aliphatic carbocycles. The Kier molecular flexibility index (Phi) is 6.31. The van der Waals surface area contributed by atoms with Gasteiger partial charge in [0.15, 0.2) is 0 Å². The molecule has 5 rings (SSSR count). The van der Waals surface area contributed by atoms with Gasteiger partial charge in [-0.25, -0.2) is 9.59 Å². The number of ether oxygens (including phenoxy) is 3. The summed E-state index contributed by atoms with van der Waals surface area (Å²) in [5.41, 5.74) is 0.467. The Labute approximate surface area is 228 Å². The second-order valence-electron chi connectivity index (χ2n) is 12.5. The van der Waals surface area contributed by atoms with Crippen LogP contribution in [0.25, 0.3) is 0 Å². The van der Waals surface area contributed by atoms with E-state index in [-0.39, 0.29) is 23.7 Å². The van der Waals surface area contributed by atoms with E-state index in [4.69, 9.17) is 18.6 Å². The molecule has 39 heavy (non-hydrogen) atoms. The normalized spacial score (nSPS) is 36.4. The zero-order chi connectivity index (χ0) is 28.5. The highest BCUT2D eigenvalue weighted by atomic mass is 16.6. The van der Waals surface area contributed by atoms with E-state index >= 15 is 0 Å². The molecule has 0 amide bonds. The first kappa shape index (κ1) is 27.2. The van der Waals surface area contributed by atoms with Gasteiger partial charge < -0.3 is 18.6 Å². The third-order valence-corrected chi connectivity index (χ3v) is 9.95. The molecule has 2 heterocycles. The van der Waals surface area contributed by atoms with Crippen LogP contribution in [-0.2, 0) is 33.4 Å². The van der Waals surface area contributed by atoms with Crippen LogP contribution in [0.4, 0.5) is 0 Å². The van der Waals surface area contributed by atoms with Crippen molar-refractivity contribution in [3.8, 4) is 0 Å². The zero-order valence-corrected chi connectivity index (χ0v) is 23.4. The Balaban J connectivity index is 1.69. The Morgan fingerprint density at radius 1 is 1.18 bits per heavy atom. The highest BCUT2D eigenvalue weighted by molar-refractivity contribution is 5.95. The summed E-state index contributed by atoms with van der Waals surface area (Å²) >= 11 is 0. The molecule has 8 nitrogen and oxygen atoms in total. The molecule has 2 fully saturated rings. The first-order chi connectivity index (χ1) is 18.3. The molecule has 1 aliphatic heterocycles. The van der Waals surface area contributed by atoms with Gasteiger partial charge in [-0.15, -0.1) is 0 Å². The van der Waals surface area contributed by atoms with Gasteiger partial charge in [0.2, 0.25) is 0 Å². The van der Waals surface area contributed by atoms with Crippen molar-refractivity contribution in [1.82, 2.24) is 0 Å². The number of hydrogen-bond acceptors (Lipinski definition) is 8. The maximum Gasteiger partial charge on any atom is 0.333 e. The number of fused-ring (bicyclic) bond motifs is 6. The summed E-state index contributed by atoms with van der Waals surface area (Å²) in [7, 11) is 1.33. The molecule has 7 unspecified atom stereocenters. The van der Waals surface area contributed by atoms with Crippen LogP contribution in [0.15, 0.2) is 58.5 Å². The molecule has 0 saturated heterocycles. The standard InChI is InChI=1S/C31H36O8/c1-16(2)28(35)39-27-19-12-18-20(31(6,25(19)34)22(29(27,3)4)14-23(32)36-7)8-10-30(5)21(18)13-24(33)38-26(30)17-9-11-37-15-17/h9,11-13,15,19-20,22,26-27H,1,8,10,14H2,2-7H3. The molecule has 0 N–H and O–H groups in total. The summed E-state index contributed by atoms with van der Waals surface area (Å²) in [6, 6.07) is 1.80. The molecular weight excluding hydrogens is 500 g/mol. The lowest BCUT2D eigenvalue weighted by atomic mass is 9.41. The lowest BCUT2D eigenvalue weighted by Crippen LogP contribution is -2.66. The molecule has 0 radical (unpaired) electrons. The third-order valence-electron chi connectivity index (χ3n) is 9.95. The predicted octanol–water partition coefficient (Wildman–Crippen LogP) is 5.06. The summed E-state index contributed by atoms with van der Waals surface area (Å²) in [5, 5.41) is 0. The maximum absolute atomic E-state index is 14.3. The predicted molar refractivity (Wildman–Crippen MR) is 140 cm³/mol. The topological polar surface area (TPSA) is 109 Å². The highest BCUT2D eigenvalue weighted by Gasteiger charge is 2.68. The molecule has 208 valence electrons. The molecular formula is C31H36O8. The number of esters is 3. The number of ketones is 1. The Hall–Kier alpha value is -3.42. The fourth-order valence-corrected chi connectivity index (χ4v) is 7.90. The van der Waals surface area contributed by atoms with Gasteiger partial charge in [0.25, 0.3) is 0 Å². The molecule has 7 atom stereocenters. The van der Waals surface area contributed by atoms with Crippen molar-refractivity contribution in [3.05, 3.63) is 59.6 Å². The van der Waals surface area contributed by atoms with Crippen LogP contribution in [0.5, 0.6) is 0 Å². The van der Waals surface area contributed by atoms with Gasteiger partial charge in [-0.1, -0.05) is 40.3 Å². The molecule has 4 aliphatic rings. The minimum Gasteiger partial charge on any atom is -0.472 e. The second kappa shape index (κ2) is 9.07. The highest BCUT2D eigenvalue weighted by Crippen LogP contribution is 2.67. The molecule has 8 heteroatoms. The average molecular weight is 537 g/mol. The fourth-order valence-electron chi connectivity index (χ4n) is 7.90. The molecule has 0 spiro atoms. The molecule has 2 saturated carbocycles. The van der Waals surface area contributed by atoms with Gasteiger partial charge >= 0.3 is 17.9 Å². The van der Waals surface area contributed by atoms with Crippen molar-refractivity contribution in [3.63, 3.8) is 0 Å². The van der Waals surface area contributed by atoms with E-state index in [9.17, 15) is 19.2 Å². The number of carbonyl (C=O) groups is 4. The maximum atomic E-state index is 14.3. The lowest BCUT2D eigenvalue weighted by Gasteiger charge is -2.62. The van der Waals surface area contributed by atoms with Crippen molar-refractivity contribution in [2.75, 3.05) is 7.11 Å². The van der Waals surface area contributed by atoms with Crippen molar-refractivity contribution in [2.45, 2.75) is 66.1 Å². The summed E-state index contributed by atoms with van der Waals surface area (Å²) in [6.45, 7) is 13.2. The first-order valence-corrected chi connectivity index (χ1v) is 13.4. The van der Waals surface area contributed by atoms with E-state index in [1.807, 2.05) is 26.8 Å². The third kappa shape index (κ3) is 3.85. The van der Waals surface area contributed by atoms with Gasteiger partial charge in [-0.2, -0.15) is 0 Å². The summed E-state index contributed by atoms with van der Waals surface area (Å²) < 4.78 is 22.2. The van der Waals surface area contributed by atoms with E-state index < -0.39 is 58.2 Å². The minimum absolute atomic E-state index is 0.000631. The number of allylic oxidation sites excluding steroid dienone is 1.